The molecule has 1 amide bonds. The molecule has 0 bridgehead atoms. The van der Waals surface area contributed by atoms with Crippen LogP contribution >= 0.6 is 0 Å². The lowest BCUT2D eigenvalue weighted by Gasteiger charge is -2.13. The molecule has 0 aliphatic carbocycles. The summed E-state index contributed by atoms with van der Waals surface area (Å²) in [6.45, 7) is 0. The summed E-state index contributed by atoms with van der Waals surface area (Å²) >= 11 is 0. The van der Waals surface area contributed by atoms with Gasteiger partial charge in [-0.05, 0) is 54.6 Å². The van der Waals surface area contributed by atoms with Gasteiger partial charge in [0.2, 0.25) is 0 Å². The van der Waals surface area contributed by atoms with Gasteiger partial charge in [0.25, 0.3) is 5.91 Å². The second-order valence-corrected chi connectivity index (χ2v) is 8.16. The topological polar surface area (TPSA) is 72.1 Å². The minimum atomic E-state index is -5.16. The summed E-state index contributed by atoms with van der Waals surface area (Å²) in [5, 5.41) is 3.69. The molecule has 6 nitrogen and oxygen atoms in total. The van der Waals surface area contributed by atoms with E-state index in [-0.39, 0.29) is 17.3 Å². The number of hydrogen-bond acceptors (Lipinski definition) is 5. The van der Waals surface area contributed by atoms with E-state index in [1.54, 1.807) is 0 Å². The third kappa shape index (κ3) is 5.72. The number of nitrogens with zero attached hydrogens (tertiary/aromatic N) is 2. The highest BCUT2D eigenvalue weighted by Gasteiger charge is 2.47. The van der Waals surface area contributed by atoms with Crippen molar-refractivity contribution >= 4 is 29.4 Å². The number of ether oxygens (including phenoxy) is 1. The molecule has 15 heteroatoms. The lowest BCUT2D eigenvalue weighted by molar-refractivity contribution is -0.143. The van der Waals surface area contributed by atoms with E-state index in [1.807, 2.05) is 0 Å². The third-order valence-corrected chi connectivity index (χ3v) is 5.44. The fourth-order valence-corrected chi connectivity index (χ4v) is 3.64. The second-order valence-electron chi connectivity index (χ2n) is 8.16. The summed E-state index contributed by atoms with van der Waals surface area (Å²) in [5.41, 5.74) is -6.91. The van der Waals surface area contributed by atoms with Crippen LogP contribution in [0.25, 0.3) is 17.4 Å². The summed E-state index contributed by atoms with van der Waals surface area (Å²) in [6, 6.07) is 7.35. The SMILES string of the molecule is COC(=O)c1cccc(N2N=C(C(F)(F)F)C(=Cc3ccc(-c4cc(C(F)(F)F)cc(C(F)(F)F)c4)o3)C2=O)c1. The summed E-state index contributed by atoms with van der Waals surface area (Å²) in [7, 11) is 1.07. The molecule has 0 N–H and O–H groups in total. The molecule has 1 aliphatic heterocycles. The second kappa shape index (κ2) is 9.88. The molecule has 0 spiro atoms. The first-order chi connectivity index (χ1) is 18.5. The van der Waals surface area contributed by atoms with Crippen molar-refractivity contribution in [2.75, 3.05) is 12.1 Å². The smallest absolute Gasteiger partial charge is 0.435 e. The number of alkyl halides is 9. The Kier molecular flexibility index (Phi) is 7.03. The van der Waals surface area contributed by atoms with E-state index in [9.17, 15) is 49.1 Å². The van der Waals surface area contributed by atoms with Gasteiger partial charge in [0.1, 0.15) is 11.5 Å². The van der Waals surface area contributed by atoms with E-state index in [1.165, 1.54) is 18.2 Å². The lowest BCUT2D eigenvalue weighted by atomic mass is 10.0. The molecule has 4 rings (SSSR count). The van der Waals surface area contributed by atoms with Crippen LogP contribution in [0.5, 0.6) is 0 Å². The Balaban J connectivity index is 1.75. The van der Waals surface area contributed by atoms with Crippen LogP contribution in [0.1, 0.15) is 27.2 Å². The molecular weight excluding hydrogens is 563 g/mol. The number of halogens is 9. The maximum atomic E-state index is 13.8. The molecule has 0 unspecified atom stereocenters. The van der Waals surface area contributed by atoms with Crippen LogP contribution in [-0.4, -0.2) is 30.9 Å². The zero-order chi connectivity index (χ0) is 29.6. The molecule has 0 fully saturated rings. The zero-order valence-electron chi connectivity index (χ0n) is 19.7. The number of methoxy groups -OCH3 is 1. The van der Waals surface area contributed by atoms with E-state index < -0.39 is 69.9 Å². The number of amides is 1. The number of benzene rings is 2. The number of anilines is 1. The van der Waals surface area contributed by atoms with Gasteiger partial charge in [-0.15, -0.1) is 0 Å². The molecule has 210 valence electrons. The fourth-order valence-electron chi connectivity index (χ4n) is 3.64. The number of carbonyl (C=O) groups excluding carboxylic acids is 2. The normalized spacial score (nSPS) is 15.6. The molecule has 0 saturated carbocycles. The van der Waals surface area contributed by atoms with Crippen molar-refractivity contribution in [2.24, 2.45) is 5.10 Å². The number of rotatable bonds is 4. The predicted molar refractivity (Wildman–Crippen MR) is 121 cm³/mol. The Morgan fingerprint density at radius 1 is 0.875 bits per heavy atom. The van der Waals surface area contributed by atoms with Gasteiger partial charge in [-0.2, -0.15) is 49.6 Å². The van der Waals surface area contributed by atoms with Crippen LogP contribution in [0.2, 0.25) is 0 Å². The predicted octanol–water partition coefficient (Wildman–Crippen LogP) is 7.12. The van der Waals surface area contributed by atoms with Gasteiger partial charge in [-0.1, -0.05) is 6.07 Å². The lowest BCUT2D eigenvalue weighted by Crippen LogP contribution is -2.25. The zero-order valence-corrected chi connectivity index (χ0v) is 19.7. The number of carbonyl (C=O) groups is 2. The molecule has 2 heterocycles. The van der Waals surface area contributed by atoms with Crippen LogP contribution in [0.15, 0.2) is 69.7 Å². The Morgan fingerprint density at radius 3 is 2.05 bits per heavy atom. The molecule has 40 heavy (non-hydrogen) atoms. The molecule has 1 aromatic heterocycles. The van der Waals surface area contributed by atoms with Gasteiger partial charge >= 0.3 is 24.5 Å². The van der Waals surface area contributed by atoms with Crippen molar-refractivity contribution in [2.45, 2.75) is 18.5 Å². The fraction of sp³-hybridized carbons (Fsp3) is 0.160. The van der Waals surface area contributed by atoms with Crippen LogP contribution < -0.4 is 5.01 Å². The van der Waals surface area contributed by atoms with Crippen molar-refractivity contribution < 1.29 is 58.3 Å². The molecule has 1 aliphatic rings. The van der Waals surface area contributed by atoms with Gasteiger partial charge in [-0.25, -0.2) is 4.79 Å². The summed E-state index contributed by atoms with van der Waals surface area (Å²) in [5.74, 6) is -3.17. The van der Waals surface area contributed by atoms with Crippen molar-refractivity contribution in [1.82, 2.24) is 0 Å². The van der Waals surface area contributed by atoms with E-state index in [0.717, 1.165) is 25.3 Å². The summed E-state index contributed by atoms with van der Waals surface area (Å²) in [6.07, 6.45) is -14.8. The largest absolute Gasteiger partial charge is 0.465 e. The van der Waals surface area contributed by atoms with Gasteiger partial charge in [0.15, 0.2) is 5.71 Å². The quantitative estimate of drug-likeness (QED) is 0.188. The average molecular weight is 576 g/mol. The Hall–Kier alpha value is -4.56. The maximum Gasteiger partial charge on any atom is 0.435 e. The first-order valence-electron chi connectivity index (χ1n) is 10.8. The molecule has 2 aromatic carbocycles. The highest BCUT2D eigenvalue weighted by atomic mass is 19.4. The number of hydrazone groups is 1. The summed E-state index contributed by atoms with van der Waals surface area (Å²) in [4.78, 5) is 24.7. The van der Waals surface area contributed by atoms with Crippen LogP contribution in [0.3, 0.4) is 0 Å². The first-order valence-corrected chi connectivity index (χ1v) is 10.8. The Bertz CT molecular complexity index is 1510. The maximum absolute atomic E-state index is 13.8. The minimum absolute atomic E-state index is 0.0935. The van der Waals surface area contributed by atoms with Crippen LogP contribution in [0, 0.1) is 0 Å². The van der Waals surface area contributed by atoms with E-state index in [4.69, 9.17) is 4.42 Å². The van der Waals surface area contributed by atoms with Crippen molar-refractivity contribution in [3.05, 3.63) is 82.6 Å². The van der Waals surface area contributed by atoms with E-state index in [2.05, 4.69) is 9.84 Å². The van der Waals surface area contributed by atoms with Crippen LogP contribution in [0.4, 0.5) is 45.2 Å². The summed E-state index contributed by atoms with van der Waals surface area (Å²) < 4.78 is 130. The Morgan fingerprint density at radius 2 is 1.50 bits per heavy atom. The van der Waals surface area contributed by atoms with Gasteiger partial charge in [-0.3, -0.25) is 4.79 Å². The highest BCUT2D eigenvalue weighted by molar-refractivity contribution is 6.34. The minimum Gasteiger partial charge on any atom is -0.465 e. The molecule has 0 radical (unpaired) electrons. The Labute approximate surface area is 217 Å². The van der Waals surface area contributed by atoms with Gasteiger partial charge in [0, 0.05) is 5.56 Å². The molecular formula is C25H13F9N2O4. The van der Waals surface area contributed by atoms with Crippen molar-refractivity contribution in [1.29, 1.82) is 0 Å². The van der Waals surface area contributed by atoms with E-state index in [0.29, 0.717) is 23.2 Å². The third-order valence-electron chi connectivity index (χ3n) is 5.44. The van der Waals surface area contributed by atoms with Gasteiger partial charge in [0.05, 0.1) is 35.1 Å². The van der Waals surface area contributed by atoms with E-state index >= 15 is 0 Å². The average Bonchev–Trinajstić information content (AvgIpc) is 3.47. The number of esters is 1. The van der Waals surface area contributed by atoms with Crippen molar-refractivity contribution in [3.63, 3.8) is 0 Å². The van der Waals surface area contributed by atoms with Gasteiger partial charge < -0.3 is 9.15 Å². The standard InChI is InChI=1S/C25H13F9N2O4/c1-39-22(38)12-3-2-4-16(9-12)36-21(37)18(20(35-36)25(32,33)34)11-17-5-6-19(40-17)13-7-14(23(26,27)28)10-15(8-13)24(29,30)31/h2-11H,1H3. The van der Waals surface area contributed by atoms with Crippen LogP contribution in [-0.2, 0) is 21.9 Å². The van der Waals surface area contributed by atoms with Crippen molar-refractivity contribution in [3.8, 4) is 11.3 Å². The molecule has 0 saturated heterocycles. The monoisotopic (exact) mass is 576 g/mol. The highest BCUT2D eigenvalue weighted by Crippen LogP contribution is 2.39. The first kappa shape index (κ1) is 28.4. The number of hydrogen-bond donors (Lipinski definition) is 0. The molecule has 0 atom stereocenters. The molecule has 3 aromatic rings. The number of furan rings is 1.